The van der Waals surface area contributed by atoms with Crippen LogP contribution in [0.2, 0.25) is 0 Å². The molecule has 0 saturated carbocycles. The number of hydrogen-bond acceptors (Lipinski definition) is 5. The van der Waals surface area contributed by atoms with Gasteiger partial charge in [-0.05, 0) is 13.2 Å². The maximum Gasteiger partial charge on any atom is 0.149 e. The van der Waals surface area contributed by atoms with Crippen molar-refractivity contribution in [2.75, 3.05) is 29.7 Å². The molecule has 0 aliphatic rings. The fraction of sp³-hybridized carbons (Fsp3) is 0.556. The number of nitrogen functional groups attached to an aromatic ring is 1. The van der Waals surface area contributed by atoms with Gasteiger partial charge in [0, 0.05) is 18.8 Å². The van der Waals surface area contributed by atoms with E-state index < -0.39 is 0 Å². The molecule has 0 bridgehead atoms. The number of nitrogens with zero attached hydrogens (tertiary/aromatic N) is 3. The Balaban J connectivity index is 2.73. The summed E-state index contributed by atoms with van der Waals surface area (Å²) >= 11 is 1.82. The number of anilines is 2. The Bertz CT molecular complexity index is 292. The largest absolute Gasteiger partial charge is 0.382 e. The van der Waals surface area contributed by atoms with Crippen molar-refractivity contribution in [2.24, 2.45) is 0 Å². The van der Waals surface area contributed by atoms with Crippen LogP contribution in [0.3, 0.4) is 0 Å². The second-order valence-corrected chi connectivity index (χ2v) is 4.13. The Kier molecular flexibility index (Phi) is 4.00. The van der Waals surface area contributed by atoms with E-state index >= 15 is 0 Å². The van der Waals surface area contributed by atoms with Gasteiger partial charge >= 0.3 is 0 Å². The van der Waals surface area contributed by atoms with Crippen molar-refractivity contribution in [1.29, 1.82) is 0 Å². The van der Waals surface area contributed by atoms with E-state index in [-0.39, 0.29) is 0 Å². The van der Waals surface area contributed by atoms with Crippen LogP contribution >= 0.6 is 11.8 Å². The third kappa shape index (κ3) is 2.77. The van der Waals surface area contributed by atoms with E-state index in [9.17, 15) is 0 Å². The van der Waals surface area contributed by atoms with Gasteiger partial charge in [0.2, 0.25) is 0 Å². The molecule has 1 unspecified atom stereocenters. The lowest BCUT2D eigenvalue weighted by molar-refractivity contribution is 0.751. The Labute approximate surface area is 88.9 Å². The highest BCUT2D eigenvalue weighted by Gasteiger charge is 2.10. The monoisotopic (exact) mass is 212 g/mol. The van der Waals surface area contributed by atoms with Gasteiger partial charge in [-0.15, -0.1) is 0 Å². The van der Waals surface area contributed by atoms with Crippen LogP contribution in [0.5, 0.6) is 0 Å². The van der Waals surface area contributed by atoms with Crippen LogP contribution in [0.25, 0.3) is 0 Å². The zero-order valence-electron chi connectivity index (χ0n) is 8.77. The van der Waals surface area contributed by atoms with E-state index in [0.29, 0.717) is 11.9 Å². The third-order valence-electron chi connectivity index (χ3n) is 2.07. The van der Waals surface area contributed by atoms with Gasteiger partial charge in [-0.3, -0.25) is 4.98 Å². The minimum Gasteiger partial charge on any atom is -0.382 e. The molecule has 0 amide bonds. The normalized spacial score (nSPS) is 12.5. The first-order chi connectivity index (χ1) is 6.65. The maximum absolute atomic E-state index is 5.57. The Morgan fingerprint density at radius 2 is 2.29 bits per heavy atom. The first-order valence-corrected chi connectivity index (χ1v) is 5.84. The Morgan fingerprint density at radius 1 is 1.57 bits per heavy atom. The zero-order chi connectivity index (χ0) is 10.6. The second kappa shape index (κ2) is 5.05. The van der Waals surface area contributed by atoms with Gasteiger partial charge in [0.25, 0.3) is 0 Å². The molecule has 14 heavy (non-hydrogen) atoms. The summed E-state index contributed by atoms with van der Waals surface area (Å²) in [6.07, 6.45) is 5.37. The van der Waals surface area contributed by atoms with E-state index in [0.717, 1.165) is 11.6 Å². The summed E-state index contributed by atoms with van der Waals surface area (Å²) in [5.74, 6) is 2.35. The minimum absolute atomic E-state index is 0.432. The number of thioether (sulfide) groups is 1. The highest BCUT2D eigenvalue weighted by Crippen LogP contribution is 2.13. The van der Waals surface area contributed by atoms with Crippen LogP contribution in [0.1, 0.15) is 6.92 Å². The first kappa shape index (κ1) is 11.1. The number of aromatic nitrogens is 2. The molecule has 1 aromatic rings. The predicted molar refractivity (Wildman–Crippen MR) is 62.7 cm³/mol. The van der Waals surface area contributed by atoms with E-state index in [2.05, 4.69) is 28.0 Å². The lowest BCUT2D eigenvalue weighted by Gasteiger charge is -2.24. The molecule has 0 fully saturated rings. The van der Waals surface area contributed by atoms with E-state index in [1.165, 1.54) is 0 Å². The van der Waals surface area contributed by atoms with Crippen molar-refractivity contribution in [1.82, 2.24) is 9.97 Å². The van der Waals surface area contributed by atoms with Gasteiger partial charge in [0.1, 0.15) is 11.6 Å². The fourth-order valence-corrected chi connectivity index (χ4v) is 1.83. The number of rotatable bonds is 4. The molecule has 1 heterocycles. The molecule has 0 aliphatic carbocycles. The van der Waals surface area contributed by atoms with Gasteiger partial charge in [0.15, 0.2) is 0 Å². The molecule has 78 valence electrons. The smallest absolute Gasteiger partial charge is 0.149 e. The Hall–Kier alpha value is -0.970. The highest BCUT2D eigenvalue weighted by atomic mass is 32.2. The average Bonchev–Trinajstić information content (AvgIpc) is 2.17. The van der Waals surface area contributed by atoms with Crippen LogP contribution in [0, 0.1) is 0 Å². The maximum atomic E-state index is 5.57. The molecule has 0 aliphatic heterocycles. The molecule has 1 rings (SSSR count). The molecular weight excluding hydrogens is 196 g/mol. The van der Waals surface area contributed by atoms with Gasteiger partial charge in [-0.1, -0.05) is 0 Å². The van der Waals surface area contributed by atoms with Crippen LogP contribution in [0.4, 0.5) is 11.6 Å². The quantitative estimate of drug-likeness (QED) is 0.814. The van der Waals surface area contributed by atoms with Crippen molar-refractivity contribution >= 4 is 23.4 Å². The van der Waals surface area contributed by atoms with Crippen LogP contribution in [0.15, 0.2) is 12.4 Å². The summed E-state index contributed by atoms with van der Waals surface area (Å²) in [5, 5.41) is 0. The molecular formula is C9H16N4S. The fourth-order valence-electron chi connectivity index (χ4n) is 1.12. The molecule has 0 spiro atoms. The van der Waals surface area contributed by atoms with Crippen molar-refractivity contribution < 1.29 is 0 Å². The van der Waals surface area contributed by atoms with Gasteiger partial charge in [0.05, 0.1) is 12.4 Å². The van der Waals surface area contributed by atoms with Gasteiger partial charge < -0.3 is 10.6 Å². The van der Waals surface area contributed by atoms with Gasteiger partial charge in [-0.2, -0.15) is 11.8 Å². The number of nitrogens with two attached hydrogens (primary N) is 1. The third-order valence-corrected chi connectivity index (χ3v) is 2.89. The summed E-state index contributed by atoms with van der Waals surface area (Å²) in [4.78, 5) is 10.3. The lowest BCUT2D eigenvalue weighted by Crippen LogP contribution is -2.31. The van der Waals surface area contributed by atoms with Crippen LogP contribution in [-0.4, -0.2) is 35.1 Å². The molecule has 1 aromatic heterocycles. The molecule has 0 aromatic carbocycles. The lowest BCUT2D eigenvalue weighted by atomic mass is 10.3. The minimum atomic E-state index is 0.432. The van der Waals surface area contributed by atoms with Crippen LogP contribution in [-0.2, 0) is 0 Å². The molecule has 4 nitrogen and oxygen atoms in total. The number of hydrogen-bond donors (Lipinski definition) is 1. The summed E-state index contributed by atoms with van der Waals surface area (Å²) in [6, 6.07) is 0.432. The molecule has 1 atom stereocenters. The van der Waals surface area contributed by atoms with E-state index in [1.54, 1.807) is 12.4 Å². The van der Waals surface area contributed by atoms with E-state index in [1.807, 2.05) is 18.8 Å². The molecule has 0 radical (unpaired) electrons. The average molecular weight is 212 g/mol. The van der Waals surface area contributed by atoms with Crippen LogP contribution < -0.4 is 10.6 Å². The SMILES string of the molecule is CSCC(C)N(C)c1cncc(N)n1. The van der Waals surface area contributed by atoms with Gasteiger partial charge in [-0.25, -0.2) is 4.98 Å². The highest BCUT2D eigenvalue weighted by molar-refractivity contribution is 7.98. The zero-order valence-corrected chi connectivity index (χ0v) is 9.58. The second-order valence-electron chi connectivity index (χ2n) is 3.22. The standard InChI is InChI=1S/C9H16N4S/c1-7(6-14-3)13(2)9-5-11-4-8(10)12-9/h4-5,7H,6H2,1-3H3,(H2,10,12). The molecule has 5 heteroatoms. The molecule has 2 N–H and O–H groups in total. The summed E-state index contributed by atoms with van der Waals surface area (Å²) in [5.41, 5.74) is 5.57. The van der Waals surface area contributed by atoms with Crippen molar-refractivity contribution in [3.63, 3.8) is 0 Å². The molecule has 0 saturated heterocycles. The van der Waals surface area contributed by atoms with Crippen molar-refractivity contribution in [3.05, 3.63) is 12.4 Å². The topological polar surface area (TPSA) is 55.0 Å². The van der Waals surface area contributed by atoms with E-state index in [4.69, 9.17) is 5.73 Å². The summed E-state index contributed by atoms with van der Waals surface area (Å²) in [7, 11) is 2.00. The first-order valence-electron chi connectivity index (χ1n) is 4.44. The summed E-state index contributed by atoms with van der Waals surface area (Å²) in [6.45, 7) is 2.15. The summed E-state index contributed by atoms with van der Waals surface area (Å²) < 4.78 is 0. The predicted octanol–water partition coefficient (Wildman–Crippen LogP) is 1.25. The van der Waals surface area contributed by atoms with Crippen molar-refractivity contribution in [2.45, 2.75) is 13.0 Å². The van der Waals surface area contributed by atoms with Crippen molar-refractivity contribution in [3.8, 4) is 0 Å². The Morgan fingerprint density at radius 3 is 2.86 bits per heavy atom.